The quantitative estimate of drug-likeness (QED) is 0.225. The van der Waals surface area contributed by atoms with Crippen LogP contribution < -0.4 is 4.72 Å². The summed E-state index contributed by atoms with van der Waals surface area (Å²) >= 11 is 0. The summed E-state index contributed by atoms with van der Waals surface area (Å²) in [4.78, 5) is 25.3. The van der Waals surface area contributed by atoms with Crippen molar-refractivity contribution in [1.29, 1.82) is 0 Å². The second kappa shape index (κ2) is 10.4. The maximum Gasteiger partial charge on any atom is 0.269 e. The minimum absolute atomic E-state index is 0.0587. The van der Waals surface area contributed by atoms with Gasteiger partial charge in [0.2, 0.25) is 10.0 Å². The van der Waals surface area contributed by atoms with E-state index in [-0.39, 0.29) is 21.9 Å². The Morgan fingerprint density at radius 3 is 1.87 bits per heavy atom. The number of Topliss-reactive ketones (excluding diaryl/α,β-unsaturated/α-hetero) is 1. The number of carbonyl (C=O) groups is 1. The maximum atomic E-state index is 14.5. The molecule has 7 nitrogen and oxygen atoms in total. The van der Waals surface area contributed by atoms with Gasteiger partial charge in [-0.25, -0.2) is 8.42 Å². The highest BCUT2D eigenvalue weighted by molar-refractivity contribution is 7.89. The summed E-state index contributed by atoms with van der Waals surface area (Å²) in [6, 6.07) is 29.8. The Balaban J connectivity index is 1.62. The molecule has 0 aliphatic heterocycles. The van der Waals surface area contributed by atoms with Crippen molar-refractivity contribution in [3.05, 3.63) is 153 Å². The van der Waals surface area contributed by atoms with Crippen molar-refractivity contribution in [1.82, 2.24) is 4.72 Å². The Morgan fingerprint density at radius 2 is 1.36 bits per heavy atom. The molecule has 4 aromatic carbocycles. The average molecular weight is 539 g/mol. The number of allylic oxidation sites excluding steroid dienone is 1. The van der Waals surface area contributed by atoms with Gasteiger partial charge in [0.1, 0.15) is 0 Å². The molecule has 0 amide bonds. The Hall–Kier alpha value is -4.40. The number of hydrogen-bond donors (Lipinski definition) is 1. The normalized spacial score (nSPS) is 15.5. The molecule has 1 N–H and O–H groups in total. The molecule has 0 saturated heterocycles. The van der Waals surface area contributed by atoms with Gasteiger partial charge in [0.25, 0.3) is 5.69 Å². The van der Waals surface area contributed by atoms with E-state index in [1.54, 1.807) is 18.2 Å². The molecule has 0 fully saturated rings. The van der Waals surface area contributed by atoms with Crippen LogP contribution in [-0.4, -0.2) is 19.1 Å². The molecule has 0 saturated carbocycles. The minimum Gasteiger partial charge on any atom is -0.293 e. The van der Waals surface area contributed by atoms with Crippen LogP contribution in [0, 0.1) is 17.0 Å². The van der Waals surface area contributed by atoms with Gasteiger partial charge < -0.3 is 0 Å². The zero-order chi connectivity index (χ0) is 27.6. The summed E-state index contributed by atoms with van der Waals surface area (Å²) in [6.07, 6.45) is 2.12. The van der Waals surface area contributed by atoms with E-state index in [0.29, 0.717) is 12.0 Å². The number of sulfonamides is 1. The Kier molecular flexibility index (Phi) is 6.99. The first kappa shape index (κ1) is 26.2. The third-order valence-electron chi connectivity index (χ3n) is 7.16. The van der Waals surface area contributed by atoms with Gasteiger partial charge in [0.05, 0.1) is 21.3 Å². The number of nitro groups is 1. The highest BCUT2D eigenvalue weighted by atomic mass is 32.2. The number of nitrogens with zero attached hydrogens (tertiary/aromatic N) is 1. The first-order chi connectivity index (χ1) is 18.7. The predicted molar refractivity (Wildman–Crippen MR) is 149 cm³/mol. The number of nitrogens with one attached hydrogen (secondary N) is 1. The van der Waals surface area contributed by atoms with Crippen molar-refractivity contribution in [2.24, 2.45) is 0 Å². The van der Waals surface area contributed by atoms with Crippen LogP contribution in [0.5, 0.6) is 0 Å². The van der Waals surface area contributed by atoms with Gasteiger partial charge in [0, 0.05) is 17.7 Å². The average Bonchev–Trinajstić information content (AvgIpc) is 3.30. The van der Waals surface area contributed by atoms with Gasteiger partial charge in [0.15, 0.2) is 5.78 Å². The molecule has 1 aliphatic carbocycles. The van der Waals surface area contributed by atoms with E-state index in [1.165, 1.54) is 36.4 Å². The lowest BCUT2D eigenvalue weighted by Crippen LogP contribution is -2.38. The lowest BCUT2D eigenvalue weighted by molar-refractivity contribution is -0.384. The highest BCUT2D eigenvalue weighted by Gasteiger charge is 2.48. The van der Waals surface area contributed by atoms with E-state index in [1.807, 2.05) is 67.6 Å². The molecule has 0 radical (unpaired) electrons. The predicted octanol–water partition coefficient (Wildman–Crippen LogP) is 5.81. The maximum absolute atomic E-state index is 14.5. The Morgan fingerprint density at radius 1 is 0.821 bits per heavy atom. The monoisotopic (exact) mass is 538 g/mol. The third kappa shape index (κ3) is 4.92. The molecule has 1 atom stereocenters. The zero-order valence-electron chi connectivity index (χ0n) is 21.2. The topological polar surface area (TPSA) is 106 Å². The first-order valence-corrected chi connectivity index (χ1v) is 13.9. The molecule has 0 heterocycles. The van der Waals surface area contributed by atoms with Crippen LogP contribution in [0.2, 0.25) is 0 Å². The molecule has 0 spiro atoms. The number of benzene rings is 4. The van der Waals surface area contributed by atoms with Gasteiger partial charge >= 0.3 is 0 Å². The lowest BCUT2D eigenvalue weighted by Gasteiger charge is -2.31. The summed E-state index contributed by atoms with van der Waals surface area (Å²) in [5, 5.41) is 11.3. The van der Waals surface area contributed by atoms with Gasteiger partial charge in [-0.2, -0.15) is 4.72 Å². The van der Waals surface area contributed by atoms with Crippen LogP contribution in [0.15, 0.2) is 126 Å². The van der Waals surface area contributed by atoms with Crippen molar-refractivity contribution in [3.63, 3.8) is 0 Å². The van der Waals surface area contributed by atoms with Crippen molar-refractivity contribution in [3.8, 4) is 0 Å². The molecule has 39 heavy (non-hydrogen) atoms. The van der Waals surface area contributed by atoms with E-state index >= 15 is 0 Å². The highest BCUT2D eigenvalue weighted by Crippen LogP contribution is 2.46. The van der Waals surface area contributed by atoms with Gasteiger partial charge in [-0.1, -0.05) is 96.6 Å². The Bertz CT molecular complexity index is 1610. The third-order valence-corrected chi connectivity index (χ3v) is 8.60. The number of hydrogen-bond acceptors (Lipinski definition) is 5. The fourth-order valence-corrected chi connectivity index (χ4v) is 6.30. The number of rotatable bonds is 8. The molecular weight excluding hydrogens is 512 g/mol. The molecule has 8 heteroatoms. The number of aryl methyl sites for hydroxylation is 1. The van der Waals surface area contributed by atoms with Crippen molar-refractivity contribution < 1.29 is 18.1 Å². The van der Waals surface area contributed by atoms with Gasteiger partial charge in [-0.05, 0) is 42.2 Å². The molecule has 4 aromatic rings. The van der Waals surface area contributed by atoms with Gasteiger partial charge in [-0.3, -0.25) is 14.9 Å². The number of ketones is 1. The molecule has 0 bridgehead atoms. The molecule has 5 rings (SSSR count). The Labute approximate surface area is 227 Å². The van der Waals surface area contributed by atoms with Crippen LogP contribution in [0.4, 0.5) is 5.69 Å². The fraction of sp³-hybridized carbons (Fsp3) is 0.129. The molecular formula is C31H26N2O5S. The lowest BCUT2D eigenvalue weighted by atomic mass is 9.70. The summed E-state index contributed by atoms with van der Waals surface area (Å²) < 4.78 is 29.7. The second-order valence-electron chi connectivity index (χ2n) is 9.55. The van der Waals surface area contributed by atoms with E-state index in [4.69, 9.17) is 0 Å². The van der Waals surface area contributed by atoms with Crippen LogP contribution in [0.1, 0.15) is 34.7 Å². The largest absolute Gasteiger partial charge is 0.293 e. The van der Waals surface area contributed by atoms with Crippen molar-refractivity contribution in [2.45, 2.75) is 29.7 Å². The molecule has 0 aromatic heterocycles. The smallest absolute Gasteiger partial charge is 0.269 e. The summed E-state index contributed by atoms with van der Waals surface area (Å²) in [7, 11) is -4.06. The summed E-state index contributed by atoms with van der Waals surface area (Å²) in [5.74, 6) is -0.227. The van der Waals surface area contributed by atoms with Crippen LogP contribution in [0.25, 0.3) is 0 Å². The molecule has 0 unspecified atom stereocenters. The van der Waals surface area contributed by atoms with Crippen molar-refractivity contribution in [2.75, 3.05) is 0 Å². The fourth-order valence-electron chi connectivity index (χ4n) is 5.09. The van der Waals surface area contributed by atoms with Crippen LogP contribution in [0.3, 0.4) is 0 Å². The minimum atomic E-state index is -4.06. The number of nitro benzene ring substituents is 1. The number of non-ortho nitro benzene ring substituents is 1. The van der Waals surface area contributed by atoms with E-state index in [0.717, 1.165) is 16.7 Å². The SMILES string of the molecule is Cc1ccc(S(=O)(=O)N[C@H](C2=CCC(c3ccccc3)(c3ccccc3)C2=O)c2ccc([N+](=O)[O-])cc2)cc1. The van der Waals surface area contributed by atoms with Crippen LogP contribution >= 0.6 is 0 Å². The zero-order valence-corrected chi connectivity index (χ0v) is 22.0. The second-order valence-corrected chi connectivity index (χ2v) is 11.3. The van der Waals surface area contributed by atoms with Crippen molar-refractivity contribution >= 4 is 21.5 Å². The number of carbonyl (C=O) groups excluding carboxylic acids is 1. The summed E-state index contributed by atoms with van der Waals surface area (Å²) in [6.45, 7) is 1.86. The molecule has 1 aliphatic rings. The molecule has 196 valence electrons. The van der Waals surface area contributed by atoms with Gasteiger partial charge in [-0.15, -0.1) is 0 Å². The van der Waals surface area contributed by atoms with E-state index in [2.05, 4.69) is 4.72 Å². The first-order valence-electron chi connectivity index (χ1n) is 12.4. The van der Waals surface area contributed by atoms with Crippen LogP contribution in [-0.2, 0) is 20.2 Å². The summed E-state index contributed by atoms with van der Waals surface area (Å²) in [5.41, 5.74) is 2.05. The van der Waals surface area contributed by atoms with E-state index < -0.39 is 26.4 Å². The van der Waals surface area contributed by atoms with E-state index in [9.17, 15) is 23.3 Å². The standard InChI is InChI=1S/C31H26N2O5S/c1-22-12-18-27(19-13-22)39(37,38)32-29(23-14-16-26(17-15-23)33(35)36)28-20-21-31(30(28)34,24-8-4-2-5-9-24)25-10-6-3-7-11-25/h2-20,29,32H,21H2,1H3/t29-/m0/s1.